The summed E-state index contributed by atoms with van der Waals surface area (Å²) in [4.78, 5) is 11.4. The van der Waals surface area contributed by atoms with Gasteiger partial charge in [0.2, 0.25) is 0 Å². The van der Waals surface area contributed by atoms with Crippen LogP contribution in [0.2, 0.25) is 0 Å². The number of hydrogen-bond donors (Lipinski definition) is 1. The van der Waals surface area contributed by atoms with Crippen molar-refractivity contribution >= 4 is 21.7 Å². The van der Waals surface area contributed by atoms with E-state index in [1.54, 1.807) is 36.4 Å². The second-order valence-electron chi connectivity index (χ2n) is 8.28. The fourth-order valence-corrected chi connectivity index (χ4v) is 5.69. The minimum absolute atomic E-state index is 0.121. The van der Waals surface area contributed by atoms with E-state index in [9.17, 15) is 18.3 Å². The van der Waals surface area contributed by atoms with Gasteiger partial charge in [-0.2, -0.15) is 0 Å². The Morgan fingerprint density at radius 3 is 2.06 bits per heavy atom. The third-order valence-corrected chi connectivity index (χ3v) is 7.75. The molecule has 172 valence electrons. The first-order valence-electron chi connectivity index (χ1n) is 11.1. The molecule has 33 heavy (non-hydrogen) atoms. The van der Waals surface area contributed by atoms with Crippen molar-refractivity contribution in [2.75, 3.05) is 10.8 Å². The Hall–Kier alpha value is -3.32. The molecule has 6 nitrogen and oxygen atoms in total. The van der Waals surface area contributed by atoms with Crippen molar-refractivity contribution in [2.45, 2.75) is 37.0 Å². The van der Waals surface area contributed by atoms with Crippen molar-refractivity contribution < 1.29 is 23.1 Å². The summed E-state index contributed by atoms with van der Waals surface area (Å²) >= 11 is 0. The third-order valence-electron chi connectivity index (χ3n) is 5.94. The Bertz CT molecular complexity index is 1170. The highest BCUT2D eigenvalue weighted by molar-refractivity contribution is 7.92. The molecular weight excluding hydrogens is 438 g/mol. The summed E-state index contributed by atoms with van der Waals surface area (Å²) in [5.41, 5.74) is 0.589. The zero-order valence-corrected chi connectivity index (χ0v) is 19.1. The molecule has 0 atom stereocenters. The van der Waals surface area contributed by atoms with E-state index in [2.05, 4.69) is 0 Å². The Morgan fingerprint density at radius 1 is 0.848 bits per heavy atom. The Kier molecular flexibility index (Phi) is 6.99. The van der Waals surface area contributed by atoms with E-state index in [4.69, 9.17) is 4.74 Å². The Morgan fingerprint density at radius 2 is 1.45 bits per heavy atom. The molecule has 1 aliphatic carbocycles. The Labute approximate surface area is 194 Å². The number of carboxylic acid groups (broad SMARTS) is 1. The summed E-state index contributed by atoms with van der Waals surface area (Å²) in [7, 11) is -3.85. The first kappa shape index (κ1) is 22.9. The molecule has 1 N–H and O–H groups in total. The largest absolute Gasteiger partial charge is 0.478 e. The zero-order valence-electron chi connectivity index (χ0n) is 18.3. The molecular formula is C26H27NO5S. The van der Waals surface area contributed by atoms with Crippen LogP contribution in [0.5, 0.6) is 11.5 Å². The summed E-state index contributed by atoms with van der Waals surface area (Å²) in [6.07, 6.45) is 5.36. The summed E-state index contributed by atoms with van der Waals surface area (Å²) < 4.78 is 34.5. The number of benzene rings is 3. The molecule has 1 aliphatic rings. The van der Waals surface area contributed by atoms with E-state index < -0.39 is 16.0 Å². The van der Waals surface area contributed by atoms with Gasteiger partial charge in [0.15, 0.2) is 0 Å². The van der Waals surface area contributed by atoms with Crippen LogP contribution >= 0.6 is 0 Å². The number of rotatable bonds is 8. The second-order valence-corrected chi connectivity index (χ2v) is 10.1. The van der Waals surface area contributed by atoms with Gasteiger partial charge in [-0.15, -0.1) is 0 Å². The summed E-state index contributed by atoms with van der Waals surface area (Å²) in [5.74, 6) is 0.445. The van der Waals surface area contributed by atoms with Crippen molar-refractivity contribution in [1.82, 2.24) is 0 Å². The number of hydrogen-bond acceptors (Lipinski definition) is 4. The van der Waals surface area contributed by atoms with E-state index in [-0.39, 0.29) is 16.4 Å². The molecule has 0 bridgehead atoms. The molecule has 3 aromatic carbocycles. The molecule has 0 heterocycles. The third kappa shape index (κ3) is 5.54. The first-order chi connectivity index (χ1) is 15.9. The van der Waals surface area contributed by atoms with Crippen LogP contribution in [-0.4, -0.2) is 26.0 Å². The van der Waals surface area contributed by atoms with Crippen LogP contribution in [0.4, 0.5) is 5.69 Å². The minimum atomic E-state index is -3.85. The fraction of sp³-hybridized carbons (Fsp3) is 0.269. The monoisotopic (exact) mass is 465 g/mol. The average Bonchev–Trinajstić information content (AvgIpc) is 2.84. The first-order valence-corrected chi connectivity index (χ1v) is 12.6. The lowest BCUT2D eigenvalue weighted by atomic mass is 9.89. The van der Waals surface area contributed by atoms with Crippen molar-refractivity contribution in [3.05, 3.63) is 84.4 Å². The molecule has 0 aromatic heterocycles. The van der Waals surface area contributed by atoms with Gasteiger partial charge in [-0.1, -0.05) is 37.5 Å². The highest BCUT2D eigenvalue weighted by atomic mass is 32.2. The molecule has 0 radical (unpaired) electrons. The van der Waals surface area contributed by atoms with Crippen LogP contribution in [-0.2, 0) is 10.0 Å². The van der Waals surface area contributed by atoms with Crippen LogP contribution in [0.3, 0.4) is 0 Å². The van der Waals surface area contributed by atoms with Crippen molar-refractivity contribution in [3.63, 3.8) is 0 Å². The lowest BCUT2D eigenvalue weighted by Crippen LogP contribution is -2.36. The molecule has 0 spiro atoms. The van der Waals surface area contributed by atoms with Gasteiger partial charge in [-0.25, -0.2) is 13.2 Å². The number of para-hydroxylation sites is 1. The molecule has 0 unspecified atom stereocenters. The van der Waals surface area contributed by atoms with E-state index in [0.717, 1.165) is 25.7 Å². The van der Waals surface area contributed by atoms with Gasteiger partial charge >= 0.3 is 5.97 Å². The van der Waals surface area contributed by atoms with Crippen LogP contribution in [0.1, 0.15) is 42.5 Å². The molecule has 0 aliphatic heterocycles. The summed E-state index contributed by atoms with van der Waals surface area (Å²) in [6.45, 7) is 0.372. The number of ether oxygens (including phenoxy) is 1. The van der Waals surface area contributed by atoms with Gasteiger partial charge < -0.3 is 9.84 Å². The average molecular weight is 466 g/mol. The van der Waals surface area contributed by atoms with Crippen LogP contribution in [0, 0.1) is 5.92 Å². The number of nitrogens with zero attached hydrogens (tertiary/aromatic N) is 1. The van der Waals surface area contributed by atoms with Gasteiger partial charge in [0.25, 0.3) is 10.0 Å². The smallest absolute Gasteiger partial charge is 0.335 e. The van der Waals surface area contributed by atoms with Gasteiger partial charge in [0.1, 0.15) is 11.5 Å². The molecule has 0 saturated heterocycles. The molecule has 3 aromatic rings. The van der Waals surface area contributed by atoms with Crippen molar-refractivity contribution in [3.8, 4) is 11.5 Å². The standard InChI is InChI=1S/C26H27NO5S/c28-26(29)21-11-13-22(14-12-21)27(19-20-7-3-1-4-8-20)33(30,31)25-17-15-24(16-18-25)32-23-9-5-2-6-10-23/h2,5-6,9-18,20H,1,3-4,7-8,19H2,(H,28,29). The number of carboxylic acids is 1. The van der Waals surface area contributed by atoms with Gasteiger partial charge in [-0.05, 0) is 79.4 Å². The van der Waals surface area contributed by atoms with E-state index in [0.29, 0.717) is 23.7 Å². The van der Waals surface area contributed by atoms with Gasteiger partial charge in [-0.3, -0.25) is 4.31 Å². The highest BCUT2D eigenvalue weighted by Gasteiger charge is 2.28. The minimum Gasteiger partial charge on any atom is -0.478 e. The predicted octanol–water partition coefficient (Wildman–Crippen LogP) is 5.95. The molecule has 4 rings (SSSR count). The van der Waals surface area contributed by atoms with Crippen LogP contribution in [0.25, 0.3) is 0 Å². The van der Waals surface area contributed by atoms with Crippen molar-refractivity contribution in [1.29, 1.82) is 0 Å². The van der Waals surface area contributed by atoms with Crippen molar-refractivity contribution in [2.24, 2.45) is 5.92 Å². The lowest BCUT2D eigenvalue weighted by Gasteiger charge is -2.31. The maximum Gasteiger partial charge on any atom is 0.335 e. The number of sulfonamides is 1. The SMILES string of the molecule is O=C(O)c1ccc(N(CC2CCCCC2)S(=O)(=O)c2ccc(Oc3ccccc3)cc2)cc1. The molecule has 1 saturated carbocycles. The normalized spacial score (nSPS) is 14.5. The predicted molar refractivity (Wildman–Crippen MR) is 127 cm³/mol. The second kappa shape index (κ2) is 10.1. The number of aromatic carboxylic acids is 1. The summed E-state index contributed by atoms with van der Waals surface area (Å²) in [5, 5.41) is 9.20. The van der Waals surface area contributed by atoms with Gasteiger partial charge in [0, 0.05) is 6.54 Å². The maximum atomic E-state index is 13.7. The fourth-order valence-electron chi connectivity index (χ4n) is 4.15. The topological polar surface area (TPSA) is 83.9 Å². The van der Waals surface area contributed by atoms with E-state index >= 15 is 0 Å². The number of anilines is 1. The van der Waals surface area contributed by atoms with Crippen LogP contribution in [0.15, 0.2) is 83.8 Å². The summed E-state index contributed by atoms with van der Waals surface area (Å²) in [6, 6.07) is 21.7. The van der Waals surface area contributed by atoms with E-state index in [1.165, 1.54) is 22.9 Å². The van der Waals surface area contributed by atoms with E-state index in [1.807, 2.05) is 30.3 Å². The molecule has 0 amide bonds. The highest BCUT2D eigenvalue weighted by Crippen LogP contribution is 2.31. The zero-order chi connectivity index (χ0) is 23.3. The lowest BCUT2D eigenvalue weighted by molar-refractivity contribution is 0.0697. The van der Waals surface area contributed by atoms with Gasteiger partial charge in [0.05, 0.1) is 16.1 Å². The Balaban J connectivity index is 1.62. The number of carbonyl (C=O) groups is 1. The maximum absolute atomic E-state index is 13.7. The quantitative estimate of drug-likeness (QED) is 0.444. The molecule has 7 heteroatoms. The molecule has 1 fully saturated rings. The van der Waals surface area contributed by atoms with Crippen LogP contribution < -0.4 is 9.04 Å².